The molecule has 140 valence electrons. The lowest BCUT2D eigenvalue weighted by Gasteiger charge is -2.13. The molecule has 1 unspecified atom stereocenters. The molecule has 0 saturated heterocycles. The number of amides is 1. The second-order valence-electron chi connectivity index (χ2n) is 5.52. The molecule has 1 N–H and O–H groups in total. The summed E-state index contributed by atoms with van der Waals surface area (Å²) in [6.45, 7) is 1.80. The summed E-state index contributed by atoms with van der Waals surface area (Å²) in [5.74, 6) is 1.22. The van der Waals surface area contributed by atoms with Crippen LogP contribution < -0.4 is 14.8 Å². The van der Waals surface area contributed by atoms with E-state index in [1.54, 1.807) is 50.1 Å². The number of nitrogens with one attached hydrogen (secondary N) is 1. The molecule has 0 fully saturated rings. The fourth-order valence-electron chi connectivity index (χ4n) is 2.34. The molecule has 0 aliphatic heterocycles. The normalized spacial score (nSPS) is 11.7. The van der Waals surface area contributed by atoms with Gasteiger partial charge in [-0.2, -0.15) is 4.68 Å². The molecule has 3 rings (SSSR count). The molecule has 2 aromatic carbocycles. The van der Waals surface area contributed by atoms with Crippen LogP contribution in [0.3, 0.4) is 0 Å². The van der Waals surface area contributed by atoms with Crippen molar-refractivity contribution in [1.82, 2.24) is 20.2 Å². The van der Waals surface area contributed by atoms with E-state index in [0.29, 0.717) is 22.3 Å². The molecule has 9 heteroatoms. The third-order valence-corrected chi connectivity index (χ3v) is 4.80. The highest BCUT2D eigenvalue weighted by Crippen LogP contribution is 2.28. The van der Waals surface area contributed by atoms with Crippen molar-refractivity contribution < 1.29 is 14.3 Å². The first-order valence-electron chi connectivity index (χ1n) is 8.15. The Bertz CT molecular complexity index is 913. The smallest absolute Gasteiger partial charge is 0.237 e. The number of hydrogen-bond donors (Lipinski definition) is 1. The van der Waals surface area contributed by atoms with E-state index in [4.69, 9.17) is 9.47 Å². The zero-order valence-corrected chi connectivity index (χ0v) is 15.9. The molecule has 0 radical (unpaired) electrons. The molecule has 1 amide bonds. The fourth-order valence-corrected chi connectivity index (χ4v) is 3.14. The van der Waals surface area contributed by atoms with Crippen molar-refractivity contribution in [1.29, 1.82) is 0 Å². The van der Waals surface area contributed by atoms with E-state index in [1.165, 1.54) is 11.8 Å². The Labute approximate surface area is 160 Å². The van der Waals surface area contributed by atoms with Crippen LogP contribution in [0.2, 0.25) is 0 Å². The van der Waals surface area contributed by atoms with E-state index < -0.39 is 5.25 Å². The summed E-state index contributed by atoms with van der Waals surface area (Å²) in [5.41, 5.74) is 1.40. The fraction of sp³-hybridized carbons (Fsp3) is 0.222. The molecule has 0 spiro atoms. The quantitative estimate of drug-likeness (QED) is 0.625. The number of aromatic nitrogens is 4. The van der Waals surface area contributed by atoms with Gasteiger partial charge in [0, 0.05) is 5.69 Å². The highest BCUT2D eigenvalue weighted by Gasteiger charge is 2.20. The maximum Gasteiger partial charge on any atom is 0.237 e. The molecule has 0 aliphatic rings. The van der Waals surface area contributed by atoms with Crippen molar-refractivity contribution in [3.63, 3.8) is 0 Å². The standard InChI is InChI=1S/C18H19N5O3S/c1-12(17(24)19-13-8-10-14(25-2)11-9-13)27-18-20-21-22-23(18)15-6-4-5-7-16(15)26-3/h4-12H,1-3H3,(H,19,24). The number of anilines is 1. The Morgan fingerprint density at radius 1 is 1.11 bits per heavy atom. The van der Waals surface area contributed by atoms with Crippen molar-refractivity contribution in [2.45, 2.75) is 17.3 Å². The van der Waals surface area contributed by atoms with Gasteiger partial charge in [-0.25, -0.2) is 0 Å². The number of carbonyl (C=O) groups excluding carboxylic acids is 1. The SMILES string of the molecule is COc1ccc(NC(=O)C(C)Sc2nnnn2-c2ccccc2OC)cc1. The summed E-state index contributed by atoms with van der Waals surface area (Å²) in [7, 11) is 3.18. The molecular weight excluding hydrogens is 366 g/mol. The number of hydrogen-bond acceptors (Lipinski definition) is 7. The zero-order valence-electron chi connectivity index (χ0n) is 15.1. The molecule has 27 heavy (non-hydrogen) atoms. The number of rotatable bonds is 7. The topological polar surface area (TPSA) is 91.2 Å². The van der Waals surface area contributed by atoms with Gasteiger partial charge >= 0.3 is 0 Å². The van der Waals surface area contributed by atoms with Gasteiger partial charge in [0.25, 0.3) is 0 Å². The van der Waals surface area contributed by atoms with Crippen molar-refractivity contribution >= 4 is 23.4 Å². The maximum atomic E-state index is 12.5. The number of para-hydroxylation sites is 2. The predicted octanol–water partition coefficient (Wildman–Crippen LogP) is 2.80. The minimum absolute atomic E-state index is 0.153. The van der Waals surface area contributed by atoms with Crippen LogP contribution in [0.5, 0.6) is 11.5 Å². The lowest BCUT2D eigenvalue weighted by atomic mass is 10.3. The Kier molecular flexibility index (Phi) is 5.92. The third-order valence-electron chi connectivity index (χ3n) is 3.76. The summed E-state index contributed by atoms with van der Waals surface area (Å²) in [6.07, 6.45) is 0. The minimum Gasteiger partial charge on any atom is -0.497 e. The minimum atomic E-state index is -0.411. The number of thioether (sulfide) groups is 1. The van der Waals surface area contributed by atoms with Crippen LogP contribution >= 0.6 is 11.8 Å². The summed E-state index contributed by atoms with van der Waals surface area (Å²) in [6, 6.07) is 14.6. The van der Waals surface area contributed by atoms with Gasteiger partial charge in [0.2, 0.25) is 11.1 Å². The largest absolute Gasteiger partial charge is 0.497 e. The van der Waals surface area contributed by atoms with E-state index in [0.717, 1.165) is 5.75 Å². The highest BCUT2D eigenvalue weighted by atomic mass is 32.2. The molecule has 0 aliphatic carbocycles. The lowest BCUT2D eigenvalue weighted by molar-refractivity contribution is -0.115. The summed E-state index contributed by atoms with van der Waals surface area (Å²) in [4.78, 5) is 12.5. The van der Waals surface area contributed by atoms with E-state index in [2.05, 4.69) is 20.8 Å². The van der Waals surface area contributed by atoms with Crippen LogP contribution in [-0.4, -0.2) is 45.6 Å². The summed E-state index contributed by atoms with van der Waals surface area (Å²) < 4.78 is 12.0. The molecule has 8 nitrogen and oxygen atoms in total. The van der Waals surface area contributed by atoms with Crippen LogP contribution in [0.1, 0.15) is 6.92 Å². The zero-order chi connectivity index (χ0) is 19.2. The number of carbonyl (C=O) groups is 1. The average molecular weight is 385 g/mol. The van der Waals surface area contributed by atoms with Gasteiger partial charge in [-0.15, -0.1) is 5.10 Å². The van der Waals surface area contributed by atoms with Gasteiger partial charge in [-0.05, 0) is 53.7 Å². The van der Waals surface area contributed by atoms with Gasteiger partial charge in [0.15, 0.2) is 0 Å². The number of benzene rings is 2. The maximum absolute atomic E-state index is 12.5. The first kappa shape index (κ1) is 18.7. The highest BCUT2D eigenvalue weighted by molar-refractivity contribution is 8.00. The molecule has 1 heterocycles. The number of ether oxygens (including phenoxy) is 2. The van der Waals surface area contributed by atoms with E-state index >= 15 is 0 Å². The second kappa shape index (κ2) is 8.54. The van der Waals surface area contributed by atoms with Crippen molar-refractivity contribution in [3.8, 4) is 17.2 Å². The van der Waals surface area contributed by atoms with Crippen molar-refractivity contribution in [2.75, 3.05) is 19.5 Å². The summed E-state index contributed by atoms with van der Waals surface area (Å²) in [5, 5.41) is 14.7. The molecular formula is C18H19N5O3S. The molecule has 0 saturated carbocycles. The molecule has 0 bridgehead atoms. The van der Waals surface area contributed by atoms with E-state index in [9.17, 15) is 4.79 Å². The van der Waals surface area contributed by atoms with Crippen LogP contribution in [0.15, 0.2) is 53.7 Å². The van der Waals surface area contributed by atoms with Gasteiger partial charge in [-0.1, -0.05) is 23.9 Å². The Balaban J connectivity index is 1.72. The Morgan fingerprint density at radius 2 is 1.85 bits per heavy atom. The first-order chi connectivity index (χ1) is 13.1. The van der Waals surface area contributed by atoms with Crippen LogP contribution in [-0.2, 0) is 4.79 Å². The molecule has 1 atom stereocenters. The Morgan fingerprint density at radius 3 is 2.56 bits per heavy atom. The predicted molar refractivity (Wildman–Crippen MR) is 103 cm³/mol. The van der Waals surface area contributed by atoms with Gasteiger partial charge < -0.3 is 14.8 Å². The second-order valence-corrected chi connectivity index (χ2v) is 6.83. The molecule has 1 aromatic heterocycles. The average Bonchev–Trinajstić information content (AvgIpc) is 3.16. The van der Waals surface area contributed by atoms with E-state index in [-0.39, 0.29) is 5.91 Å². The van der Waals surface area contributed by atoms with Crippen LogP contribution in [0.4, 0.5) is 5.69 Å². The van der Waals surface area contributed by atoms with Crippen molar-refractivity contribution in [2.24, 2.45) is 0 Å². The van der Waals surface area contributed by atoms with Crippen LogP contribution in [0.25, 0.3) is 5.69 Å². The molecule has 3 aromatic rings. The van der Waals surface area contributed by atoms with Crippen molar-refractivity contribution in [3.05, 3.63) is 48.5 Å². The van der Waals surface area contributed by atoms with E-state index in [1.807, 2.05) is 24.3 Å². The Hall–Kier alpha value is -3.07. The third kappa shape index (κ3) is 4.37. The number of nitrogens with zero attached hydrogens (tertiary/aromatic N) is 4. The summed E-state index contributed by atoms with van der Waals surface area (Å²) >= 11 is 1.26. The lowest BCUT2D eigenvalue weighted by Crippen LogP contribution is -2.22. The van der Waals surface area contributed by atoms with Gasteiger partial charge in [0.1, 0.15) is 17.2 Å². The monoisotopic (exact) mass is 385 g/mol. The number of tetrazole rings is 1. The first-order valence-corrected chi connectivity index (χ1v) is 9.03. The van der Waals surface area contributed by atoms with Gasteiger partial charge in [-0.3, -0.25) is 4.79 Å². The van der Waals surface area contributed by atoms with Gasteiger partial charge in [0.05, 0.1) is 19.5 Å². The number of methoxy groups -OCH3 is 2. The van der Waals surface area contributed by atoms with Crippen LogP contribution in [0, 0.1) is 0 Å².